The summed E-state index contributed by atoms with van der Waals surface area (Å²) in [5.74, 6) is -0.433. The number of alkyl halides is 3. The lowest BCUT2D eigenvalue weighted by Crippen LogP contribution is -2.47. The van der Waals surface area contributed by atoms with Crippen LogP contribution in [0.5, 0.6) is 5.88 Å². The van der Waals surface area contributed by atoms with Crippen molar-refractivity contribution in [1.29, 1.82) is 0 Å². The third kappa shape index (κ3) is 6.82. The second-order valence-electron chi connectivity index (χ2n) is 6.54. The molecule has 0 bridgehead atoms. The molecule has 1 amide bonds. The number of pyridine rings is 1. The molecule has 26 heavy (non-hydrogen) atoms. The van der Waals surface area contributed by atoms with Crippen LogP contribution in [-0.2, 0) is 0 Å². The molecule has 1 aliphatic rings. The van der Waals surface area contributed by atoms with E-state index >= 15 is 0 Å². The Labute approximate surface area is 151 Å². The van der Waals surface area contributed by atoms with Crippen molar-refractivity contribution in [2.75, 3.05) is 26.2 Å². The largest absolute Gasteiger partial charge is 0.468 e. The number of hydrogen-bond donors (Lipinski definition) is 1. The highest BCUT2D eigenvalue weighted by atomic mass is 19.4. The molecule has 5 nitrogen and oxygen atoms in total. The minimum Gasteiger partial charge on any atom is -0.468 e. The van der Waals surface area contributed by atoms with E-state index in [9.17, 15) is 18.0 Å². The molecule has 1 N–H and O–H groups in total. The van der Waals surface area contributed by atoms with E-state index in [0.29, 0.717) is 18.2 Å². The van der Waals surface area contributed by atoms with Crippen molar-refractivity contribution in [3.63, 3.8) is 0 Å². The van der Waals surface area contributed by atoms with E-state index in [1.807, 2.05) is 0 Å². The third-order valence-electron chi connectivity index (χ3n) is 4.43. The first-order chi connectivity index (χ1) is 12.4. The van der Waals surface area contributed by atoms with Crippen LogP contribution >= 0.6 is 0 Å². The number of amides is 1. The summed E-state index contributed by atoms with van der Waals surface area (Å²) in [6, 6.07) is 3.03. The molecule has 1 saturated heterocycles. The fourth-order valence-electron chi connectivity index (χ4n) is 3.02. The van der Waals surface area contributed by atoms with E-state index in [2.05, 4.69) is 26.9 Å². The van der Waals surface area contributed by atoms with Gasteiger partial charge in [-0.15, -0.1) is 0 Å². The third-order valence-corrected chi connectivity index (χ3v) is 4.43. The predicted molar refractivity (Wildman–Crippen MR) is 92.2 cm³/mol. The minimum atomic E-state index is -4.42. The smallest absolute Gasteiger partial charge is 0.422 e. The predicted octanol–water partition coefficient (Wildman–Crippen LogP) is 3.41. The molecule has 1 aromatic rings. The maximum Gasteiger partial charge on any atom is 0.422 e. The molecule has 0 aliphatic carbocycles. The van der Waals surface area contributed by atoms with Gasteiger partial charge in [0.2, 0.25) is 5.88 Å². The van der Waals surface area contributed by atoms with Crippen LogP contribution in [-0.4, -0.2) is 54.3 Å². The van der Waals surface area contributed by atoms with E-state index in [4.69, 9.17) is 0 Å². The first kappa shape index (κ1) is 20.5. The van der Waals surface area contributed by atoms with E-state index in [1.165, 1.54) is 24.8 Å². The lowest BCUT2D eigenvalue weighted by molar-refractivity contribution is -0.154. The quantitative estimate of drug-likeness (QED) is 0.759. The Morgan fingerprint density at radius 1 is 1.38 bits per heavy atom. The highest BCUT2D eigenvalue weighted by Gasteiger charge is 2.28. The van der Waals surface area contributed by atoms with Crippen molar-refractivity contribution in [1.82, 2.24) is 15.2 Å². The standard InChI is InChI=1S/C18H26F3N3O2/c1-2-3-9-24-10-5-4-6-15(24)12-23-17(25)14-7-8-16(22-11-14)26-13-18(19,20)21/h7-8,11,15H,2-6,9-10,12-13H2,1H3,(H,23,25). The normalized spacial score (nSPS) is 18.5. The second-order valence-corrected chi connectivity index (χ2v) is 6.54. The number of unbranched alkanes of at least 4 members (excludes halogenated alkanes) is 1. The van der Waals surface area contributed by atoms with Crippen molar-refractivity contribution in [2.24, 2.45) is 0 Å². The molecule has 1 atom stereocenters. The zero-order chi connectivity index (χ0) is 19.0. The van der Waals surface area contributed by atoms with Crippen LogP contribution in [0.25, 0.3) is 0 Å². The Hall–Kier alpha value is -1.83. The zero-order valence-corrected chi connectivity index (χ0v) is 15.0. The zero-order valence-electron chi connectivity index (χ0n) is 15.0. The number of aromatic nitrogens is 1. The van der Waals surface area contributed by atoms with Crippen molar-refractivity contribution < 1.29 is 22.7 Å². The molecule has 8 heteroatoms. The Bertz CT molecular complexity index is 564. The Balaban J connectivity index is 1.83. The maximum absolute atomic E-state index is 12.2. The summed E-state index contributed by atoms with van der Waals surface area (Å²) < 4.78 is 40.9. The summed E-state index contributed by atoms with van der Waals surface area (Å²) in [6.07, 6.45) is 2.52. The van der Waals surface area contributed by atoms with Gasteiger partial charge in [0.1, 0.15) is 0 Å². The molecule has 0 spiro atoms. The number of nitrogens with one attached hydrogen (secondary N) is 1. The van der Waals surface area contributed by atoms with Crippen LogP contribution < -0.4 is 10.1 Å². The molecule has 0 aromatic carbocycles. The molecule has 0 saturated carbocycles. The van der Waals surface area contributed by atoms with Gasteiger partial charge in [-0.3, -0.25) is 9.69 Å². The van der Waals surface area contributed by atoms with Crippen LogP contribution in [0, 0.1) is 0 Å². The SMILES string of the molecule is CCCCN1CCCCC1CNC(=O)c1ccc(OCC(F)(F)F)nc1. The van der Waals surface area contributed by atoms with Gasteiger partial charge in [-0.05, 0) is 38.4 Å². The molecule has 1 aliphatic heterocycles. The monoisotopic (exact) mass is 373 g/mol. The minimum absolute atomic E-state index is 0.156. The topological polar surface area (TPSA) is 54.5 Å². The number of likely N-dealkylation sites (tertiary alicyclic amines) is 1. The fourth-order valence-corrected chi connectivity index (χ4v) is 3.02. The highest BCUT2D eigenvalue weighted by molar-refractivity contribution is 5.93. The van der Waals surface area contributed by atoms with Crippen LogP contribution in [0.4, 0.5) is 13.2 Å². The summed E-state index contributed by atoms with van der Waals surface area (Å²) >= 11 is 0. The van der Waals surface area contributed by atoms with Crippen molar-refractivity contribution in [3.05, 3.63) is 23.9 Å². The molecule has 2 rings (SSSR count). The van der Waals surface area contributed by atoms with Crippen LogP contribution in [0.15, 0.2) is 18.3 Å². The van der Waals surface area contributed by atoms with Crippen LogP contribution in [0.1, 0.15) is 49.4 Å². The van der Waals surface area contributed by atoms with Gasteiger partial charge in [0.15, 0.2) is 6.61 Å². The summed E-state index contributed by atoms with van der Waals surface area (Å²) in [5.41, 5.74) is 0.306. The molecule has 146 valence electrons. The number of nitrogens with zero attached hydrogens (tertiary/aromatic N) is 2. The molecular formula is C18H26F3N3O2. The van der Waals surface area contributed by atoms with Crippen LogP contribution in [0.3, 0.4) is 0 Å². The average molecular weight is 373 g/mol. The van der Waals surface area contributed by atoms with Gasteiger partial charge in [-0.2, -0.15) is 13.2 Å². The van der Waals surface area contributed by atoms with Crippen molar-refractivity contribution >= 4 is 5.91 Å². The van der Waals surface area contributed by atoms with Gasteiger partial charge in [0, 0.05) is 24.8 Å². The highest BCUT2D eigenvalue weighted by Crippen LogP contribution is 2.18. The van der Waals surface area contributed by atoms with Gasteiger partial charge in [0.25, 0.3) is 5.91 Å². The van der Waals surface area contributed by atoms with E-state index in [-0.39, 0.29) is 11.8 Å². The Morgan fingerprint density at radius 3 is 2.85 bits per heavy atom. The molecule has 1 fully saturated rings. The Morgan fingerprint density at radius 2 is 2.19 bits per heavy atom. The van der Waals surface area contributed by atoms with Crippen molar-refractivity contribution in [3.8, 4) is 5.88 Å². The number of ether oxygens (including phenoxy) is 1. The average Bonchev–Trinajstić information content (AvgIpc) is 2.63. The van der Waals surface area contributed by atoms with Gasteiger partial charge in [0.05, 0.1) is 5.56 Å². The van der Waals surface area contributed by atoms with Crippen molar-refractivity contribution in [2.45, 2.75) is 51.2 Å². The Kier molecular flexibility index (Phi) is 7.68. The van der Waals surface area contributed by atoms with E-state index < -0.39 is 12.8 Å². The summed E-state index contributed by atoms with van der Waals surface area (Å²) in [4.78, 5) is 18.4. The first-order valence-corrected chi connectivity index (χ1v) is 9.07. The molecule has 0 radical (unpaired) electrons. The summed E-state index contributed by atoms with van der Waals surface area (Å²) in [5, 5.41) is 2.91. The molecular weight excluding hydrogens is 347 g/mol. The number of carbonyl (C=O) groups excluding carboxylic acids is 1. The number of rotatable bonds is 8. The summed E-state index contributed by atoms with van der Waals surface area (Å²) in [6.45, 7) is 3.43. The number of piperidine rings is 1. The molecule has 1 aromatic heterocycles. The molecule has 2 heterocycles. The maximum atomic E-state index is 12.2. The number of hydrogen-bond acceptors (Lipinski definition) is 4. The van der Waals surface area contributed by atoms with Crippen LogP contribution in [0.2, 0.25) is 0 Å². The second kappa shape index (κ2) is 9.75. The lowest BCUT2D eigenvalue weighted by Gasteiger charge is -2.35. The lowest BCUT2D eigenvalue weighted by atomic mass is 10.0. The summed E-state index contributed by atoms with van der Waals surface area (Å²) in [7, 11) is 0. The number of carbonyl (C=O) groups is 1. The van der Waals surface area contributed by atoms with Gasteiger partial charge in [-0.25, -0.2) is 4.98 Å². The fraction of sp³-hybridized carbons (Fsp3) is 0.667. The first-order valence-electron chi connectivity index (χ1n) is 9.07. The van der Waals surface area contributed by atoms with E-state index in [0.717, 1.165) is 38.8 Å². The molecule has 1 unspecified atom stereocenters. The van der Waals surface area contributed by atoms with Gasteiger partial charge < -0.3 is 10.1 Å². The van der Waals surface area contributed by atoms with Gasteiger partial charge in [-0.1, -0.05) is 19.8 Å². The van der Waals surface area contributed by atoms with E-state index in [1.54, 1.807) is 0 Å². The number of halogens is 3. The van der Waals surface area contributed by atoms with Gasteiger partial charge >= 0.3 is 6.18 Å².